The van der Waals surface area contributed by atoms with Crippen LogP contribution in [0.4, 0.5) is 0 Å². The van der Waals surface area contributed by atoms with E-state index >= 15 is 0 Å². The third kappa shape index (κ3) is 2.64. The highest BCUT2D eigenvalue weighted by molar-refractivity contribution is 5.46. The Labute approximate surface area is 120 Å². The van der Waals surface area contributed by atoms with Gasteiger partial charge in [0.2, 0.25) is 0 Å². The molecule has 3 heteroatoms. The van der Waals surface area contributed by atoms with Crippen molar-refractivity contribution in [3.05, 3.63) is 23.8 Å². The van der Waals surface area contributed by atoms with Crippen molar-refractivity contribution in [3.8, 4) is 11.5 Å². The van der Waals surface area contributed by atoms with Crippen molar-refractivity contribution in [1.29, 1.82) is 0 Å². The average molecular weight is 276 g/mol. The minimum atomic E-state index is -0.00698. The number of rotatable bonds is 6. The molecule has 0 aliphatic heterocycles. The highest BCUT2D eigenvalue weighted by atomic mass is 16.5. The van der Waals surface area contributed by atoms with Crippen LogP contribution in [0.3, 0.4) is 0 Å². The monoisotopic (exact) mass is 276 g/mol. The van der Waals surface area contributed by atoms with Crippen LogP contribution in [0.1, 0.15) is 38.2 Å². The number of aliphatic hydroxyl groups is 1. The Balaban J connectivity index is 1.69. The molecule has 0 amide bonds. The van der Waals surface area contributed by atoms with Gasteiger partial charge in [0.25, 0.3) is 0 Å². The minimum absolute atomic E-state index is 0.00698. The summed E-state index contributed by atoms with van der Waals surface area (Å²) in [6.45, 7) is 3.33. The summed E-state index contributed by atoms with van der Waals surface area (Å²) >= 11 is 0. The van der Waals surface area contributed by atoms with E-state index in [-0.39, 0.29) is 6.61 Å². The average Bonchev–Trinajstić information content (AvgIpc) is 3.08. The van der Waals surface area contributed by atoms with E-state index in [1.807, 2.05) is 25.1 Å². The minimum Gasteiger partial charge on any atom is -0.490 e. The number of para-hydroxylation sites is 1. The van der Waals surface area contributed by atoms with Crippen molar-refractivity contribution in [2.45, 2.75) is 39.2 Å². The first-order valence-electron chi connectivity index (χ1n) is 7.80. The molecule has 1 aromatic rings. The lowest BCUT2D eigenvalue weighted by Gasteiger charge is -2.23. The number of ether oxygens (including phenoxy) is 2. The molecule has 0 heterocycles. The molecule has 2 aliphatic rings. The van der Waals surface area contributed by atoms with Crippen LogP contribution in [0.2, 0.25) is 0 Å². The van der Waals surface area contributed by atoms with Crippen molar-refractivity contribution in [2.24, 2.45) is 17.8 Å². The van der Waals surface area contributed by atoms with Crippen molar-refractivity contribution in [3.63, 3.8) is 0 Å². The summed E-state index contributed by atoms with van der Waals surface area (Å²) in [6, 6.07) is 5.72. The molecule has 0 radical (unpaired) electrons. The van der Waals surface area contributed by atoms with Gasteiger partial charge in [-0.15, -0.1) is 0 Å². The second-order valence-electron chi connectivity index (χ2n) is 6.08. The Morgan fingerprint density at radius 3 is 2.75 bits per heavy atom. The van der Waals surface area contributed by atoms with E-state index in [1.165, 1.54) is 25.7 Å². The Kier molecular flexibility index (Phi) is 4.16. The van der Waals surface area contributed by atoms with E-state index in [4.69, 9.17) is 9.47 Å². The highest BCUT2D eigenvalue weighted by Crippen LogP contribution is 2.48. The normalized spacial score (nSPS) is 27.8. The fourth-order valence-electron chi connectivity index (χ4n) is 3.89. The molecule has 2 fully saturated rings. The first-order chi connectivity index (χ1) is 9.81. The van der Waals surface area contributed by atoms with Gasteiger partial charge in [0, 0.05) is 5.56 Å². The van der Waals surface area contributed by atoms with Gasteiger partial charge in [-0.05, 0) is 50.0 Å². The Morgan fingerprint density at radius 1 is 1.20 bits per heavy atom. The van der Waals surface area contributed by atoms with Crippen molar-refractivity contribution < 1.29 is 14.6 Å². The van der Waals surface area contributed by atoms with Crippen LogP contribution in [0.5, 0.6) is 11.5 Å². The summed E-state index contributed by atoms with van der Waals surface area (Å²) < 4.78 is 11.7. The van der Waals surface area contributed by atoms with Crippen LogP contribution in [-0.4, -0.2) is 18.3 Å². The van der Waals surface area contributed by atoms with Crippen LogP contribution < -0.4 is 9.47 Å². The number of fused-ring (bicyclic) bond motifs is 2. The molecule has 2 aliphatic carbocycles. The maximum absolute atomic E-state index is 9.47. The summed E-state index contributed by atoms with van der Waals surface area (Å²) in [4.78, 5) is 0. The number of benzene rings is 1. The quantitative estimate of drug-likeness (QED) is 0.865. The standard InChI is InChI=1S/C17H24O3/c1-2-19-16-5-3-4-14(10-18)17(16)20-11-15-9-12-6-7-13(15)8-12/h3-5,12-13,15,18H,2,6-11H2,1H3. The summed E-state index contributed by atoms with van der Waals surface area (Å²) in [5.41, 5.74) is 0.819. The first-order valence-corrected chi connectivity index (χ1v) is 7.80. The lowest BCUT2D eigenvalue weighted by atomic mass is 9.89. The largest absolute Gasteiger partial charge is 0.490 e. The van der Waals surface area contributed by atoms with Crippen molar-refractivity contribution in [1.82, 2.24) is 0 Å². The molecule has 0 saturated heterocycles. The summed E-state index contributed by atoms with van der Waals surface area (Å²) in [6.07, 6.45) is 5.50. The van der Waals surface area contributed by atoms with E-state index in [1.54, 1.807) is 0 Å². The van der Waals surface area contributed by atoms with Crippen LogP contribution >= 0.6 is 0 Å². The SMILES string of the molecule is CCOc1cccc(CO)c1OCC1CC2CCC1C2. The Bertz CT molecular complexity index is 458. The van der Waals surface area contributed by atoms with Gasteiger partial charge in [0.15, 0.2) is 11.5 Å². The molecular weight excluding hydrogens is 252 g/mol. The fraction of sp³-hybridized carbons (Fsp3) is 0.647. The molecule has 3 nitrogen and oxygen atoms in total. The second kappa shape index (κ2) is 6.04. The first kappa shape index (κ1) is 13.7. The molecule has 3 unspecified atom stereocenters. The maximum Gasteiger partial charge on any atom is 0.166 e. The van der Waals surface area contributed by atoms with Gasteiger partial charge in [-0.2, -0.15) is 0 Å². The molecule has 2 saturated carbocycles. The fourth-order valence-corrected chi connectivity index (χ4v) is 3.89. The predicted molar refractivity (Wildman–Crippen MR) is 78.0 cm³/mol. The van der Waals surface area contributed by atoms with Crippen LogP contribution in [0.15, 0.2) is 18.2 Å². The summed E-state index contributed by atoms with van der Waals surface area (Å²) in [7, 11) is 0. The smallest absolute Gasteiger partial charge is 0.166 e. The van der Waals surface area contributed by atoms with Crippen LogP contribution in [0, 0.1) is 17.8 Å². The number of hydrogen-bond donors (Lipinski definition) is 1. The lowest BCUT2D eigenvalue weighted by molar-refractivity contribution is 0.181. The van der Waals surface area contributed by atoms with Gasteiger partial charge in [0.1, 0.15) is 0 Å². The van der Waals surface area contributed by atoms with Gasteiger partial charge in [-0.1, -0.05) is 18.6 Å². The molecule has 1 N–H and O–H groups in total. The molecule has 3 atom stereocenters. The summed E-state index contributed by atoms with van der Waals surface area (Å²) in [5, 5.41) is 9.47. The van der Waals surface area contributed by atoms with E-state index in [9.17, 15) is 5.11 Å². The molecule has 3 rings (SSSR count). The van der Waals surface area contributed by atoms with E-state index in [2.05, 4.69) is 0 Å². The van der Waals surface area contributed by atoms with Gasteiger partial charge >= 0.3 is 0 Å². The molecule has 20 heavy (non-hydrogen) atoms. The van der Waals surface area contributed by atoms with Crippen LogP contribution in [-0.2, 0) is 6.61 Å². The van der Waals surface area contributed by atoms with Crippen molar-refractivity contribution in [2.75, 3.05) is 13.2 Å². The summed E-state index contributed by atoms with van der Waals surface area (Å²) in [5.74, 6) is 3.97. The zero-order chi connectivity index (χ0) is 13.9. The molecular formula is C17H24O3. The lowest BCUT2D eigenvalue weighted by Crippen LogP contribution is -2.19. The van der Waals surface area contributed by atoms with Gasteiger partial charge in [-0.25, -0.2) is 0 Å². The molecule has 0 spiro atoms. The maximum atomic E-state index is 9.47. The van der Waals surface area contributed by atoms with Crippen molar-refractivity contribution >= 4 is 0 Å². The van der Waals surface area contributed by atoms with Gasteiger partial charge in [0.05, 0.1) is 19.8 Å². The predicted octanol–water partition coefficient (Wildman–Crippen LogP) is 3.39. The van der Waals surface area contributed by atoms with E-state index in [0.29, 0.717) is 12.5 Å². The van der Waals surface area contributed by atoms with Gasteiger partial charge < -0.3 is 14.6 Å². The van der Waals surface area contributed by atoms with Gasteiger partial charge in [-0.3, -0.25) is 0 Å². The third-order valence-electron chi connectivity index (χ3n) is 4.86. The highest BCUT2D eigenvalue weighted by Gasteiger charge is 2.39. The molecule has 1 aromatic carbocycles. The van der Waals surface area contributed by atoms with E-state index < -0.39 is 0 Å². The number of hydrogen-bond acceptors (Lipinski definition) is 3. The topological polar surface area (TPSA) is 38.7 Å². The zero-order valence-corrected chi connectivity index (χ0v) is 12.2. The van der Waals surface area contributed by atoms with Crippen LogP contribution in [0.25, 0.3) is 0 Å². The second-order valence-corrected chi connectivity index (χ2v) is 6.08. The number of aliphatic hydroxyl groups excluding tert-OH is 1. The molecule has 110 valence electrons. The molecule has 0 aromatic heterocycles. The van der Waals surface area contributed by atoms with E-state index in [0.717, 1.165) is 35.5 Å². The third-order valence-corrected chi connectivity index (χ3v) is 4.86. The Morgan fingerprint density at radius 2 is 2.10 bits per heavy atom. The zero-order valence-electron chi connectivity index (χ0n) is 12.2. The Hall–Kier alpha value is -1.22. The molecule has 2 bridgehead atoms.